The molecule has 106 valence electrons. The summed E-state index contributed by atoms with van der Waals surface area (Å²) < 4.78 is 20.1. The Labute approximate surface area is 120 Å². The molecule has 1 aromatic carbocycles. The Morgan fingerprint density at radius 3 is 2.85 bits per heavy atom. The van der Waals surface area contributed by atoms with Crippen molar-refractivity contribution < 1.29 is 13.9 Å². The number of carbonyl (C=O) groups excluding carboxylic acids is 1. The van der Waals surface area contributed by atoms with Gasteiger partial charge in [0, 0.05) is 13.1 Å². The van der Waals surface area contributed by atoms with Crippen LogP contribution in [0.2, 0.25) is 5.02 Å². The van der Waals surface area contributed by atoms with Gasteiger partial charge in [0.1, 0.15) is 0 Å². The van der Waals surface area contributed by atoms with Gasteiger partial charge in [0.2, 0.25) is 0 Å². The largest absolute Gasteiger partial charge is 0.436 e. The van der Waals surface area contributed by atoms with E-state index in [-0.39, 0.29) is 10.4 Å². The summed E-state index contributed by atoms with van der Waals surface area (Å²) in [6.45, 7) is 1.32. The first kappa shape index (κ1) is 12.4. The first-order valence-electron chi connectivity index (χ1n) is 6.73. The van der Waals surface area contributed by atoms with E-state index in [0.717, 1.165) is 19.4 Å². The predicted molar refractivity (Wildman–Crippen MR) is 72.3 cm³/mol. The van der Waals surface area contributed by atoms with Gasteiger partial charge in [-0.25, -0.2) is 9.18 Å². The second kappa shape index (κ2) is 3.86. The average molecular weight is 297 g/mol. The van der Waals surface area contributed by atoms with E-state index in [1.165, 1.54) is 6.07 Å². The molecule has 1 saturated carbocycles. The molecule has 1 atom stereocenters. The molecule has 6 heteroatoms. The number of amides is 1. The summed E-state index contributed by atoms with van der Waals surface area (Å²) in [6, 6.07) is 3.09. The van der Waals surface area contributed by atoms with Crippen LogP contribution in [0.5, 0.6) is 0 Å². The van der Waals surface area contributed by atoms with E-state index in [4.69, 9.17) is 16.3 Å². The first-order valence-corrected chi connectivity index (χ1v) is 7.11. The van der Waals surface area contributed by atoms with Crippen molar-refractivity contribution in [3.05, 3.63) is 28.5 Å². The number of carbonyl (C=O) groups is 1. The number of ether oxygens (including phenoxy) is 1. The Morgan fingerprint density at radius 1 is 1.30 bits per heavy atom. The first-order chi connectivity index (χ1) is 9.54. The number of fused-ring (bicyclic) bond motifs is 2. The molecule has 4 rings (SSSR count). The maximum absolute atomic E-state index is 14.5. The summed E-state index contributed by atoms with van der Waals surface area (Å²) in [6.07, 6.45) is 2.30. The number of halogens is 2. The number of nitrogens with one attached hydrogen (secondary N) is 2. The lowest BCUT2D eigenvalue weighted by atomic mass is 9.78. The third kappa shape index (κ3) is 1.66. The number of hydrogen-bond donors (Lipinski definition) is 2. The monoisotopic (exact) mass is 296 g/mol. The maximum atomic E-state index is 14.5. The molecular formula is C14H14ClFN2O2. The van der Waals surface area contributed by atoms with E-state index in [1.807, 2.05) is 0 Å². The van der Waals surface area contributed by atoms with Gasteiger partial charge in [0.15, 0.2) is 11.4 Å². The highest BCUT2D eigenvalue weighted by Gasteiger charge is 2.57. The smallest absolute Gasteiger partial charge is 0.412 e. The fourth-order valence-corrected chi connectivity index (χ4v) is 3.66. The zero-order valence-corrected chi connectivity index (χ0v) is 11.5. The third-order valence-corrected chi connectivity index (χ3v) is 4.90. The van der Waals surface area contributed by atoms with Crippen LogP contribution in [0.1, 0.15) is 24.8 Å². The van der Waals surface area contributed by atoms with E-state index >= 15 is 0 Å². The van der Waals surface area contributed by atoms with Crippen LogP contribution in [0.4, 0.5) is 14.9 Å². The number of benzene rings is 1. The van der Waals surface area contributed by atoms with E-state index in [9.17, 15) is 9.18 Å². The van der Waals surface area contributed by atoms with Crippen molar-refractivity contribution in [3.63, 3.8) is 0 Å². The molecule has 2 N–H and O–H groups in total. The standard InChI is InChI=1S/C14H14ClFN2O2/c15-8-1-2-9-10(11(8)16)14(20-12(19)18-9)5-13(3-4-13)6-17-7-14/h1-2,17H,3-7H2,(H,18,19)/t14-/m1/s1. The molecule has 2 heterocycles. The van der Waals surface area contributed by atoms with E-state index in [0.29, 0.717) is 24.2 Å². The average Bonchev–Trinajstić information content (AvgIpc) is 3.12. The zero-order valence-electron chi connectivity index (χ0n) is 10.8. The van der Waals surface area contributed by atoms with Gasteiger partial charge in [-0.05, 0) is 36.8 Å². The van der Waals surface area contributed by atoms with Crippen LogP contribution < -0.4 is 10.6 Å². The molecule has 2 aliphatic heterocycles. The van der Waals surface area contributed by atoms with Crippen LogP contribution >= 0.6 is 11.6 Å². The van der Waals surface area contributed by atoms with Crippen molar-refractivity contribution >= 4 is 23.4 Å². The highest BCUT2D eigenvalue weighted by atomic mass is 35.5. The lowest BCUT2D eigenvalue weighted by Crippen LogP contribution is -2.54. The molecule has 0 radical (unpaired) electrons. The van der Waals surface area contributed by atoms with Crippen molar-refractivity contribution in [1.82, 2.24) is 5.32 Å². The highest BCUT2D eigenvalue weighted by Crippen LogP contribution is 2.57. The van der Waals surface area contributed by atoms with Gasteiger partial charge in [0.25, 0.3) is 0 Å². The molecule has 20 heavy (non-hydrogen) atoms. The molecule has 1 aliphatic carbocycles. The van der Waals surface area contributed by atoms with Gasteiger partial charge in [0.05, 0.1) is 16.3 Å². The molecule has 1 amide bonds. The summed E-state index contributed by atoms with van der Waals surface area (Å²) in [5.74, 6) is -0.497. The summed E-state index contributed by atoms with van der Waals surface area (Å²) in [7, 11) is 0. The molecule has 1 saturated heterocycles. The molecule has 0 aromatic heterocycles. The maximum Gasteiger partial charge on any atom is 0.412 e. The van der Waals surface area contributed by atoms with Crippen molar-refractivity contribution in [2.75, 3.05) is 18.4 Å². The minimum Gasteiger partial charge on any atom is -0.436 e. The zero-order chi connectivity index (χ0) is 14.0. The number of hydrogen-bond acceptors (Lipinski definition) is 3. The fraction of sp³-hybridized carbons (Fsp3) is 0.500. The van der Waals surface area contributed by atoms with E-state index < -0.39 is 17.5 Å². The van der Waals surface area contributed by atoms with Gasteiger partial charge < -0.3 is 10.1 Å². The molecule has 3 aliphatic rings. The summed E-state index contributed by atoms with van der Waals surface area (Å²) in [5.41, 5.74) is 0.0364. The molecule has 4 nitrogen and oxygen atoms in total. The SMILES string of the molecule is O=C1Nc2ccc(Cl)c(F)c2[C@@]2(CNCC3(CC3)C2)O1. The van der Waals surface area contributed by atoms with E-state index in [1.54, 1.807) is 6.07 Å². The van der Waals surface area contributed by atoms with Crippen molar-refractivity contribution in [2.24, 2.45) is 5.41 Å². The van der Waals surface area contributed by atoms with Gasteiger partial charge in [-0.15, -0.1) is 0 Å². The second-order valence-electron chi connectivity index (χ2n) is 6.07. The Balaban J connectivity index is 1.89. The number of anilines is 1. The highest BCUT2D eigenvalue weighted by molar-refractivity contribution is 6.31. The van der Waals surface area contributed by atoms with Crippen molar-refractivity contribution in [1.29, 1.82) is 0 Å². The van der Waals surface area contributed by atoms with Gasteiger partial charge in [-0.1, -0.05) is 11.6 Å². The minimum absolute atomic E-state index is 0.0540. The normalized spacial score (nSPS) is 29.8. The summed E-state index contributed by atoms with van der Waals surface area (Å²) in [5, 5.41) is 5.91. The van der Waals surface area contributed by atoms with Gasteiger partial charge >= 0.3 is 6.09 Å². The van der Waals surface area contributed by atoms with Gasteiger partial charge in [-0.3, -0.25) is 5.32 Å². The molecule has 1 aromatic rings. The van der Waals surface area contributed by atoms with Crippen LogP contribution in [-0.2, 0) is 10.3 Å². The number of piperidine rings is 1. The van der Waals surface area contributed by atoms with Crippen LogP contribution in [0, 0.1) is 11.2 Å². The third-order valence-electron chi connectivity index (χ3n) is 4.60. The Hall–Kier alpha value is -1.33. The van der Waals surface area contributed by atoms with Crippen molar-refractivity contribution in [2.45, 2.75) is 24.9 Å². The fourth-order valence-electron chi connectivity index (χ4n) is 3.50. The Kier molecular flexibility index (Phi) is 2.40. The Bertz CT molecular complexity index is 617. The summed E-state index contributed by atoms with van der Waals surface area (Å²) in [4.78, 5) is 11.8. The second-order valence-corrected chi connectivity index (χ2v) is 6.48. The lowest BCUT2D eigenvalue weighted by molar-refractivity contribution is -0.0305. The van der Waals surface area contributed by atoms with Crippen LogP contribution in [0.3, 0.4) is 0 Å². The molecule has 2 spiro atoms. The molecule has 2 fully saturated rings. The topological polar surface area (TPSA) is 50.4 Å². The quantitative estimate of drug-likeness (QED) is 0.774. The van der Waals surface area contributed by atoms with Crippen LogP contribution in [-0.4, -0.2) is 19.2 Å². The molecule has 0 bridgehead atoms. The van der Waals surface area contributed by atoms with E-state index in [2.05, 4.69) is 10.6 Å². The Morgan fingerprint density at radius 2 is 2.10 bits per heavy atom. The van der Waals surface area contributed by atoms with Gasteiger partial charge in [-0.2, -0.15) is 0 Å². The van der Waals surface area contributed by atoms with Crippen LogP contribution in [0.15, 0.2) is 12.1 Å². The minimum atomic E-state index is -0.943. The van der Waals surface area contributed by atoms with Crippen LogP contribution in [0.25, 0.3) is 0 Å². The molecule has 0 unspecified atom stereocenters. The predicted octanol–water partition coefficient (Wildman–Crippen LogP) is 3.01. The number of rotatable bonds is 0. The molecular weight excluding hydrogens is 283 g/mol. The summed E-state index contributed by atoms with van der Waals surface area (Å²) >= 11 is 5.91. The van der Waals surface area contributed by atoms with Crippen molar-refractivity contribution in [3.8, 4) is 0 Å². The lowest BCUT2D eigenvalue weighted by Gasteiger charge is -2.44.